The van der Waals surface area contributed by atoms with Gasteiger partial charge in [-0.05, 0) is 42.8 Å². The van der Waals surface area contributed by atoms with Gasteiger partial charge in [0.05, 0.1) is 4.70 Å². The molecule has 0 amide bonds. The van der Waals surface area contributed by atoms with Crippen LogP contribution < -0.4 is 0 Å². The molecule has 0 atom stereocenters. The van der Waals surface area contributed by atoms with Gasteiger partial charge in [0.1, 0.15) is 5.69 Å². The molecule has 0 saturated carbocycles. The van der Waals surface area contributed by atoms with Gasteiger partial charge in [-0.3, -0.25) is 0 Å². The van der Waals surface area contributed by atoms with Crippen molar-refractivity contribution >= 4 is 33.1 Å². The highest BCUT2D eigenvalue weighted by atomic mass is 32.1. The lowest BCUT2D eigenvalue weighted by Gasteiger charge is -2.06. The van der Waals surface area contributed by atoms with E-state index in [1.807, 2.05) is 0 Å². The van der Waals surface area contributed by atoms with Crippen molar-refractivity contribution in [2.45, 2.75) is 27.2 Å². The number of benzene rings is 1. The first kappa shape index (κ1) is 12.9. The normalized spacial score (nSPS) is 11.8. The van der Waals surface area contributed by atoms with E-state index in [-0.39, 0.29) is 6.01 Å². The number of nitrogens with zero attached hydrogens (tertiary/aromatic N) is 4. The van der Waals surface area contributed by atoms with Crippen molar-refractivity contribution in [2.24, 2.45) is 10.2 Å². The van der Waals surface area contributed by atoms with Crippen LogP contribution in [0.3, 0.4) is 0 Å². The fourth-order valence-electron chi connectivity index (χ4n) is 2.22. The van der Waals surface area contributed by atoms with Crippen LogP contribution in [0.25, 0.3) is 10.1 Å². The predicted molar refractivity (Wildman–Crippen MR) is 79.2 cm³/mol. The van der Waals surface area contributed by atoms with Gasteiger partial charge in [-0.25, -0.2) is 0 Å². The van der Waals surface area contributed by atoms with Crippen LogP contribution in [0.5, 0.6) is 0 Å². The second-order valence-corrected chi connectivity index (χ2v) is 5.83. The maximum absolute atomic E-state index is 4.85. The largest absolute Gasteiger partial charge is 0.365 e. The highest BCUT2D eigenvalue weighted by molar-refractivity contribution is 7.19. The molecule has 0 fully saturated rings. The van der Waals surface area contributed by atoms with Crippen molar-refractivity contribution in [2.75, 3.05) is 0 Å². The summed E-state index contributed by atoms with van der Waals surface area (Å²) in [5.74, 6) is 0. The van der Waals surface area contributed by atoms with Crippen molar-refractivity contribution in [1.82, 2.24) is 10.1 Å². The molecule has 0 radical (unpaired) electrons. The van der Waals surface area contributed by atoms with E-state index in [0.717, 1.165) is 12.1 Å². The Morgan fingerprint density at radius 3 is 2.80 bits per heavy atom. The van der Waals surface area contributed by atoms with Gasteiger partial charge in [-0.2, -0.15) is 4.98 Å². The topological polar surface area (TPSA) is 63.6 Å². The summed E-state index contributed by atoms with van der Waals surface area (Å²) in [6, 6.07) is 4.55. The first-order valence-corrected chi connectivity index (χ1v) is 7.21. The molecule has 2 aromatic heterocycles. The number of hydrogen-bond acceptors (Lipinski definition) is 6. The Morgan fingerprint density at radius 2 is 2.10 bits per heavy atom. The molecular formula is C14H14N4OS. The monoisotopic (exact) mass is 286 g/mol. The summed E-state index contributed by atoms with van der Waals surface area (Å²) in [5.41, 5.74) is 3.36. The summed E-state index contributed by atoms with van der Waals surface area (Å²) < 4.78 is 6.02. The van der Waals surface area contributed by atoms with Crippen LogP contribution in [0.2, 0.25) is 0 Å². The Morgan fingerprint density at radius 1 is 1.25 bits per heavy atom. The van der Waals surface area contributed by atoms with Crippen molar-refractivity contribution in [3.8, 4) is 0 Å². The van der Waals surface area contributed by atoms with Crippen LogP contribution in [0, 0.1) is 13.8 Å². The van der Waals surface area contributed by atoms with Crippen LogP contribution in [-0.2, 0) is 6.42 Å². The highest BCUT2D eigenvalue weighted by Crippen LogP contribution is 2.39. The maximum atomic E-state index is 4.85. The van der Waals surface area contributed by atoms with Crippen LogP contribution in [0.4, 0.5) is 11.7 Å². The van der Waals surface area contributed by atoms with E-state index in [1.54, 1.807) is 11.3 Å². The zero-order chi connectivity index (χ0) is 14.1. The molecule has 3 aromatic rings. The summed E-state index contributed by atoms with van der Waals surface area (Å²) in [6.07, 6.45) is 2.22. The average molecular weight is 286 g/mol. The minimum absolute atomic E-state index is 0.175. The van der Waals surface area contributed by atoms with Crippen LogP contribution in [-0.4, -0.2) is 10.1 Å². The molecule has 20 heavy (non-hydrogen) atoms. The van der Waals surface area contributed by atoms with E-state index >= 15 is 0 Å². The Balaban J connectivity index is 2.19. The lowest BCUT2D eigenvalue weighted by Crippen LogP contribution is -1.84. The Labute approximate surface area is 120 Å². The Bertz CT molecular complexity index is 774. The van der Waals surface area contributed by atoms with Crippen LogP contribution >= 0.6 is 11.3 Å². The fourth-order valence-corrected chi connectivity index (χ4v) is 3.32. The van der Waals surface area contributed by atoms with E-state index in [2.05, 4.69) is 53.3 Å². The van der Waals surface area contributed by atoms with Gasteiger partial charge in [0.25, 0.3) is 0 Å². The molecule has 6 heteroatoms. The van der Waals surface area contributed by atoms with Crippen molar-refractivity contribution in [3.63, 3.8) is 0 Å². The fraction of sp³-hybridized carbons (Fsp3) is 0.286. The van der Waals surface area contributed by atoms with Crippen molar-refractivity contribution < 1.29 is 4.52 Å². The van der Waals surface area contributed by atoms with E-state index in [0.29, 0.717) is 0 Å². The van der Waals surface area contributed by atoms with Gasteiger partial charge >= 0.3 is 6.01 Å². The average Bonchev–Trinajstić information content (AvgIpc) is 3.06. The molecule has 0 spiro atoms. The number of thiophene rings is 1. The highest BCUT2D eigenvalue weighted by Gasteiger charge is 2.12. The molecule has 3 rings (SSSR count). The summed E-state index contributed by atoms with van der Waals surface area (Å²) in [5, 5.41) is 13.1. The minimum atomic E-state index is 0.175. The number of azo groups is 1. The van der Waals surface area contributed by atoms with Crippen molar-refractivity contribution in [1.29, 1.82) is 0 Å². The second-order valence-electron chi connectivity index (χ2n) is 4.58. The number of hydrogen-bond donors (Lipinski definition) is 0. The smallest absolute Gasteiger partial charge is 0.312 e. The van der Waals surface area contributed by atoms with Gasteiger partial charge in [-0.15, -0.1) is 16.5 Å². The SMILES string of the molecule is CCc1cc(C)c2cc(C)sc2c1/N=N/c1ncno1. The standard InChI is InChI=1S/C14H14N4OS/c1-4-10-5-8(2)11-6-9(3)20-13(11)12(10)17-18-14-15-7-16-19-14/h5-7H,4H2,1-3H3/b18-17+. The Hall–Kier alpha value is -2.08. The van der Waals surface area contributed by atoms with Crippen molar-refractivity contribution in [3.05, 3.63) is 34.5 Å². The van der Waals surface area contributed by atoms with Gasteiger partial charge < -0.3 is 4.52 Å². The molecule has 2 heterocycles. The van der Waals surface area contributed by atoms with E-state index in [1.165, 1.54) is 32.4 Å². The first-order chi connectivity index (χ1) is 9.69. The summed E-state index contributed by atoms with van der Waals surface area (Å²) in [4.78, 5) is 5.12. The molecule has 0 bridgehead atoms. The van der Waals surface area contributed by atoms with Gasteiger partial charge in [0.2, 0.25) is 0 Å². The molecule has 5 nitrogen and oxygen atoms in total. The molecule has 102 valence electrons. The van der Waals surface area contributed by atoms with Crippen LogP contribution in [0.15, 0.2) is 33.2 Å². The predicted octanol–water partition coefficient (Wildman–Crippen LogP) is 4.88. The number of aromatic nitrogens is 2. The van der Waals surface area contributed by atoms with E-state index in [9.17, 15) is 0 Å². The molecule has 0 aliphatic carbocycles. The molecule has 0 unspecified atom stereocenters. The summed E-state index contributed by atoms with van der Waals surface area (Å²) in [7, 11) is 0. The number of fused-ring (bicyclic) bond motifs is 1. The lowest BCUT2D eigenvalue weighted by molar-refractivity contribution is 0.425. The molecule has 1 aromatic carbocycles. The summed E-state index contributed by atoms with van der Waals surface area (Å²) >= 11 is 1.74. The maximum Gasteiger partial charge on any atom is 0.365 e. The van der Waals surface area contributed by atoms with E-state index < -0.39 is 0 Å². The minimum Gasteiger partial charge on any atom is -0.312 e. The van der Waals surface area contributed by atoms with Crippen LogP contribution in [0.1, 0.15) is 22.9 Å². The first-order valence-electron chi connectivity index (χ1n) is 6.40. The van der Waals surface area contributed by atoms with Gasteiger partial charge in [-0.1, -0.05) is 23.3 Å². The molecule has 0 aliphatic rings. The molecular weight excluding hydrogens is 272 g/mol. The quantitative estimate of drug-likeness (QED) is 0.644. The lowest BCUT2D eigenvalue weighted by atomic mass is 10.0. The Kier molecular flexibility index (Phi) is 3.31. The second kappa shape index (κ2) is 5.13. The third kappa shape index (κ3) is 2.22. The van der Waals surface area contributed by atoms with Gasteiger partial charge in [0.15, 0.2) is 6.33 Å². The third-order valence-electron chi connectivity index (χ3n) is 3.16. The number of rotatable bonds is 3. The van der Waals surface area contributed by atoms with Gasteiger partial charge in [0, 0.05) is 4.88 Å². The summed E-state index contributed by atoms with van der Waals surface area (Å²) in [6.45, 7) is 6.36. The zero-order valence-electron chi connectivity index (χ0n) is 11.5. The third-order valence-corrected chi connectivity index (χ3v) is 4.21. The molecule has 0 aliphatic heterocycles. The number of aryl methyl sites for hydroxylation is 3. The zero-order valence-corrected chi connectivity index (χ0v) is 12.4. The van der Waals surface area contributed by atoms with E-state index in [4.69, 9.17) is 4.52 Å². The molecule has 0 saturated heterocycles. The molecule has 0 N–H and O–H groups in total.